The molecule has 148 valence electrons. The summed E-state index contributed by atoms with van der Waals surface area (Å²) in [5.74, 6) is 2.46. The molecule has 11 nitrogen and oxygen atoms in total. The molecule has 2 aromatic heterocycles. The molecule has 0 saturated heterocycles. The van der Waals surface area contributed by atoms with Crippen LogP contribution in [0.3, 0.4) is 0 Å². The van der Waals surface area contributed by atoms with Crippen LogP contribution in [0, 0.1) is 11.3 Å². The van der Waals surface area contributed by atoms with Crippen molar-refractivity contribution in [3.63, 3.8) is 0 Å². The number of carbonyl (C=O) groups is 1. The van der Waals surface area contributed by atoms with E-state index < -0.39 is 6.03 Å². The minimum atomic E-state index is -0.518. The van der Waals surface area contributed by atoms with Gasteiger partial charge in [0.05, 0.1) is 18.0 Å². The Labute approximate surface area is 165 Å². The number of aromatic nitrogens is 3. The fraction of sp³-hybridized carbons (Fsp3) is 0.222. The summed E-state index contributed by atoms with van der Waals surface area (Å²) in [7, 11) is 1.76. The summed E-state index contributed by atoms with van der Waals surface area (Å²) in [6, 6.07) is 8.67. The van der Waals surface area contributed by atoms with Crippen molar-refractivity contribution in [2.45, 2.75) is 0 Å². The second-order valence-electron chi connectivity index (χ2n) is 5.99. The first-order valence-electron chi connectivity index (χ1n) is 8.83. The molecule has 0 saturated carbocycles. The summed E-state index contributed by atoms with van der Waals surface area (Å²) in [6.07, 6.45) is 1.49. The van der Waals surface area contributed by atoms with Crippen molar-refractivity contribution in [3.8, 4) is 17.6 Å². The third-order valence-electron chi connectivity index (χ3n) is 4.13. The monoisotopic (exact) mass is 394 g/mol. The summed E-state index contributed by atoms with van der Waals surface area (Å²) in [4.78, 5) is 16.5. The van der Waals surface area contributed by atoms with Crippen molar-refractivity contribution in [1.29, 1.82) is 5.26 Å². The van der Waals surface area contributed by atoms with Crippen molar-refractivity contribution >= 4 is 34.7 Å². The van der Waals surface area contributed by atoms with Crippen LogP contribution in [0.15, 0.2) is 30.5 Å². The van der Waals surface area contributed by atoms with Gasteiger partial charge in [-0.1, -0.05) is 6.07 Å². The molecule has 3 aromatic rings. The normalized spacial score (nSPS) is 12.1. The zero-order valence-corrected chi connectivity index (χ0v) is 15.5. The third kappa shape index (κ3) is 3.63. The highest BCUT2D eigenvalue weighted by atomic mass is 16.6. The van der Waals surface area contributed by atoms with Gasteiger partial charge < -0.3 is 30.7 Å². The van der Waals surface area contributed by atoms with E-state index in [-0.39, 0.29) is 6.54 Å². The number of ether oxygens (including phenoxy) is 2. The van der Waals surface area contributed by atoms with Crippen molar-refractivity contribution in [2.24, 2.45) is 0 Å². The first kappa shape index (κ1) is 18.2. The molecule has 1 aliphatic rings. The second kappa shape index (κ2) is 7.81. The van der Waals surface area contributed by atoms with E-state index in [2.05, 4.69) is 31.3 Å². The lowest BCUT2D eigenvalue weighted by molar-refractivity contribution is 0.172. The van der Waals surface area contributed by atoms with E-state index in [1.807, 2.05) is 24.3 Å². The highest BCUT2D eigenvalue weighted by Gasteiger charge is 2.18. The minimum absolute atomic E-state index is 0.103. The van der Waals surface area contributed by atoms with Gasteiger partial charge in [0.1, 0.15) is 37.1 Å². The summed E-state index contributed by atoms with van der Waals surface area (Å²) in [6.45, 7) is 0.867. The van der Waals surface area contributed by atoms with Crippen LogP contribution in [0.2, 0.25) is 0 Å². The number of benzene rings is 1. The van der Waals surface area contributed by atoms with Crippen molar-refractivity contribution < 1.29 is 14.3 Å². The molecule has 2 amide bonds. The van der Waals surface area contributed by atoms with Gasteiger partial charge in [-0.15, -0.1) is 0 Å². The molecular formula is C18H18N8O3. The van der Waals surface area contributed by atoms with Crippen LogP contribution < -0.4 is 30.7 Å². The molecule has 4 rings (SSSR count). The van der Waals surface area contributed by atoms with E-state index in [1.54, 1.807) is 17.6 Å². The smallest absolute Gasteiger partial charge is 0.320 e. The van der Waals surface area contributed by atoms with Crippen molar-refractivity contribution in [1.82, 2.24) is 19.9 Å². The average molecular weight is 394 g/mol. The number of para-hydroxylation sites is 1. The molecule has 0 spiro atoms. The number of anilines is 4. The number of hydrogen-bond acceptors (Lipinski definition) is 8. The van der Waals surface area contributed by atoms with Crippen molar-refractivity contribution in [3.05, 3.63) is 30.5 Å². The number of nitrogens with zero attached hydrogens (tertiary/aromatic N) is 4. The molecule has 4 N–H and O–H groups in total. The molecular weight excluding hydrogens is 376 g/mol. The number of nitrogens with one attached hydrogen (secondary N) is 4. The Morgan fingerprint density at radius 2 is 2.17 bits per heavy atom. The number of nitriles is 1. The number of amides is 2. The predicted molar refractivity (Wildman–Crippen MR) is 106 cm³/mol. The van der Waals surface area contributed by atoms with Crippen LogP contribution in [0.4, 0.5) is 27.8 Å². The Bertz CT molecular complexity index is 1100. The highest BCUT2D eigenvalue weighted by molar-refractivity contribution is 5.93. The number of hydrogen-bond donors (Lipinski definition) is 4. The van der Waals surface area contributed by atoms with Gasteiger partial charge in [0.15, 0.2) is 17.1 Å². The molecule has 0 aliphatic carbocycles. The number of rotatable bonds is 5. The lowest BCUT2D eigenvalue weighted by Gasteiger charge is -2.21. The summed E-state index contributed by atoms with van der Waals surface area (Å²) < 4.78 is 12.9. The van der Waals surface area contributed by atoms with Gasteiger partial charge in [0, 0.05) is 13.1 Å². The molecule has 0 bridgehead atoms. The van der Waals surface area contributed by atoms with Gasteiger partial charge in [-0.2, -0.15) is 14.9 Å². The fourth-order valence-electron chi connectivity index (χ4n) is 2.89. The van der Waals surface area contributed by atoms with Gasteiger partial charge in [-0.25, -0.2) is 9.78 Å². The van der Waals surface area contributed by atoms with Crippen LogP contribution in [0.25, 0.3) is 5.65 Å². The van der Waals surface area contributed by atoms with E-state index in [1.165, 1.54) is 6.20 Å². The van der Waals surface area contributed by atoms with E-state index >= 15 is 0 Å². The third-order valence-corrected chi connectivity index (χ3v) is 4.13. The first-order chi connectivity index (χ1) is 14.2. The number of carbonyl (C=O) groups excluding carboxylic acids is 1. The largest absolute Gasteiger partial charge is 0.486 e. The van der Waals surface area contributed by atoms with Gasteiger partial charge >= 0.3 is 6.03 Å². The van der Waals surface area contributed by atoms with Gasteiger partial charge in [-0.05, 0) is 12.1 Å². The Morgan fingerprint density at radius 3 is 3.00 bits per heavy atom. The van der Waals surface area contributed by atoms with Crippen LogP contribution in [-0.4, -0.2) is 47.4 Å². The molecule has 0 fully saturated rings. The lowest BCUT2D eigenvalue weighted by atomic mass is 10.2. The van der Waals surface area contributed by atoms with E-state index in [0.29, 0.717) is 53.4 Å². The first-order valence-corrected chi connectivity index (χ1v) is 8.83. The van der Waals surface area contributed by atoms with E-state index in [0.717, 1.165) is 0 Å². The highest BCUT2D eigenvalue weighted by Crippen LogP contribution is 2.38. The quantitative estimate of drug-likeness (QED) is 0.482. The molecule has 1 aromatic carbocycles. The zero-order chi connectivity index (χ0) is 20.2. The van der Waals surface area contributed by atoms with Crippen molar-refractivity contribution in [2.75, 3.05) is 42.8 Å². The van der Waals surface area contributed by atoms with E-state index in [4.69, 9.17) is 14.7 Å². The SMILES string of the molecule is CNc1cc(Nc2cccc3c2OCCO3)nc2c(NC(=O)NCC#N)cnn12. The van der Waals surface area contributed by atoms with Crippen LogP contribution in [0.1, 0.15) is 0 Å². The Balaban J connectivity index is 1.68. The van der Waals surface area contributed by atoms with Crippen LogP contribution >= 0.6 is 0 Å². The number of urea groups is 1. The Hall–Kier alpha value is -4.20. The maximum atomic E-state index is 11.9. The predicted octanol–water partition coefficient (Wildman–Crippen LogP) is 1.93. The maximum Gasteiger partial charge on any atom is 0.320 e. The van der Waals surface area contributed by atoms with Gasteiger partial charge in [0.2, 0.25) is 0 Å². The number of fused-ring (bicyclic) bond motifs is 2. The topological polar surface area (TPSA) is 138 Å². The zero-order valence-electron chi connectivity index (χ0n) is 15.5. The molecule has 0 radical (unpaired) electrons. The standard InChI is InChI=1S/C18H18N8O3/c1-20-15-9-14(23-11-3-2-4-13-16(11)29-8-7-28-13)25-17-12(10-22-26(15)17)24-18(27)21-6-5-19/h2-4,9-10,20H,6-8H2,1H3,(H,23,25)(H2,21,24,27). The molecule has 29 heavy (non-hydrogen) atoms. The molecule has 0 atom stereocenters. The average Bonchev–Trinajstić information content (AvgIpc) is 3.14. The Morgan fingerprint density at radius 1 is 1.31 bits per heavy atom. The van der Waals surface area contributed by atoms with Gasteiger partial charge in [0.25, 0.3) is 0 Å². The minimum Gasteiger partial charge on any atom is -0.486 e. The fourth-order valence-corrected chi connectivity index (χ4v) is 2.89. The summed E-state index contributed by atoms with van der Waals surface area (Å²) >= 11 is 0. The molecule has 11 heteroatoms. The molecule has 1 aliphatic heterocycles. The second-order valence-corrected chi connectivity index (χ2v) is 5.99. The van der Waals surface area contributed by atoms with Gasteiger partial charge in [-0.3, -0.25) is 0 Å². The Kier molecular flexibility index (Phi) is 4.90. The van der Waals surface area contributed by atoms with Crippen LogP contribution in [-0.2, 0) is 0 Å². The van der Waals surface area contributed by atoms with Crippen LogP contribution in [0.5, 0.6) is 11.5 Å². The summed E-state index contributed by atoms with van der Waals surface area (Å²) in [5.41, 5.74) is 1.53. The molecule has 3 heterocycles. The maximum absolute atomic E-state index is 11.9. The summed E-state index contributed by atoms with van der Waals surface area (Å²) in [5, 5.41) is 24.2. The lowest BCUT2D eigenvalue weighted by Crippen LogP contribution is -2.28. The van der Waals surface area contributed by atoms with E-state index in [9.17, 15) is 4.79 Å². The molecule has 0 unspecified atom stereocenters.